The van der Waals surface area contributed by atoms with Crippen molar-refractivity contribution in [2.45, 2.75) is 38.8 Å². The quantitative estimate of drug-likeness (QED) is 0.819. The van der Waals surface area contributed by atoms with E-state index in [0.717, 1.165) is 51.1 Å². The fourth-order valence-electron chi connectivity index (χ4n) is 3.20. The summed E-state index contributed by atoms with van der Waals surface area (Å²) < 4.78 is 2.14. The molecule has 5 heteroatoms. The molecule has 0 spiro atoms. The summed E-state index contributed by atoms with van der Waals surface area (Å²) in [4.78, 5) is 16.6. The molecular weight excluding hydrogens is 300 g/mol. The zero-order valence-electron chi connectivity index (χ0n) is 14.1. The van der Waals surface area contributed by atoms with Gasteiger partial charge in [0.15, 0.2) is 0 Å². The SMILES string of the molecule is O=C(NCc1nccn1CCCc1ccccc1)C1CCCNC1. The number of hydrogen-bond donors (Lipinski definition) is 2. The maximum atomic E-state index is 12.2. The van der Waals surface area contributed by atoms with Crippen molar-refractivity contribution in [3.8, 4) is 0 Å². The van der Waals surface area contributed by atoms with Crippen molar-refractivity contribution in [2.24, 2.45) is 5.92 Å². The molecule has 1 saturated heterocycles. The largest absolute Gasteiger partial charge is 0.349 e. The molecule has 5 nitrogen and oxygen atoms in total. The number of carbonyl (C=O) groups is 1. The van der Waals surface area contributed by atoms with Crippen LogP contribution in [-0.4, -0.2) is 28.5 Å². The molecule has 0 saturated carbocycles. The van der Waals surface area contributed by atoms with Crippen LogP contribution in [0.1, 0.15) is 30.7 Å². The zero-order valence-corrected chi connectivity index (χ0v) is 14.1. The van der Waals surface area contributed by atoms with E-state index in [1.807, 2.05) is 18.5 Å². The Morgan fingerprint density at radius 1 is 1.33 bits per heavy atom. The lowest BCUT2D eigenvalue weighted by atomic mass is 9.99. The molecule has 1 aliphatic rings. The number of aryl methyl sites for hydroxylation is 2. The Morgan fingerprint density at radius 3 is 3.00 bits per heavy atom. The van der Waals surface area contributed by atoms with E-state index in [2.05, 4.69) is 44.5 Å². The molecule has 1 amide bonds. The number of nitrogens with zero attached hydrogens (tertiary/aromatic N) is 2. The number of imidazole rings is 1. The van der Waals surface area contributed by atoms with Gasteiger partial charge in [0.05, 0.1) is 12.5 Å². The number of hydrogen-bond acceptors (Lipinski definition) is 3. The Labute approximate surface area is 143 Å². The van der Waals surface area contributed by atoms with Gasteiger partial charge in [0, 0.05) is 25.5 Å². The van der Waals surface area contributed by atoms with Crippen LogP contribution in [0, 0.1) is 5.92 Å². The fraction of sp³-hybridized carbons (Fsp3) is 0.474. The number of benzene rings is 1. The maximum absolute atomic E-state index is 12.2. The van der Waals surface area contributed by atoms with Gasteiger partial charge in [-0.2, -0.15) is 0 Å². The first-order valence-corrected chi connectivity index (χ1v) is 8.85. The Balaban J connectivity index is 1.45. The zero-order chi connectivity index (χ0) is 16.6. The van der Waals surface area contributed by atoms with E-state index in [9.17, 15) is 4.79 Å². The normalized spacial score (nSPS) is 17.6. The van der Waals surface area contributed by atoms with E-state index in [-0.39, 0.29) is 11.8 Å². The molecule has 3 rings (SSSR count). The summed E-state index contributed by atoms with van der Waals surface area (Å²) >= 11 is 0. The summed E-state index contributed by atoms with van der Waals surface area (Å²) in [6.07, 6.45) is 7.98. The highest BCUT2D eigenvalue weighted by Gasteiger charge is 2.20. The summed E-state index contributed by atoms with van der Waals surface area (Å²) in [6.45, 7) is 3.24. The molecule has 0 bridgehead atoms. The highest BCUT2D eigenvalue weighted by Crippen LogP contribution is 2.10. The molecule has 1 aromatic carbocycles. The van der Waals surface area contributed by atoms with Crippen LogP contribution in [0.15, 0.2) is 42.7 Å². The van der Waals surface area contributed by atoms with Gasteiger partial charge in [-0.05, 0) is 37.8 Å². The molecule has 24 heavy (non-hydrogen) atoms. The second-order valence-electron chi connectivity index (χ2n) is 6.39. The van der Waals surface area contributed by atoms with Crippen molar-refractivity contribution in [1.29, 1.82) is 0 Å². The van der Waals surface area contributed by atoms with Crippen LogP contribution < -0.4 is 10.6 Å². The summed E-state index contributed by atoms with van der Waals surface area (Å²) in [7, 11) is 0. The molecule has 1 aromatic heterocycles. The molecule has 1 unspecified atom stereocenters. The van der Waals surface area contributed by atoms with E-state index < -0.39 is 0 Å². The van der Waals surface area contributed by atoms with Gasteiger partial charge in [0.2, 0.25) is 5.91 Å². The van der Waals surface area contributed by atoms with Gasteiger partial charge in [0.25, 0.3) is 0 Å². The Kier molecular flexibility index (Phi) is 6.01. The van der Waals surface area contributed by atoms with Gasteiger partial charge in [-0.25, -0.2) is 4.98 Å². The maximum Gasteiger partial charge on any atom is 0.224 e. The van der Waals surface area contributed by atoms with Crippen LogP contribution in [0.5, 0.6) is 0 Å². The second kappa shape index (κ2) is 8.64. The summed E-state index contributed by atoms with van der Waals surface area (Å²) in [5, 5.41) is 6.32. The second-order valence-corrected chi connectivity index (χ2v) is 6.39. The number of carbonyl (C=O) groups excluding carboxylic acids is 1. The predicted molar refractivity (Wildman–Crippen MR) is 94.4 cm³/mol. The lowest BCUT2D eigenvalue weighted by molar-refractivity contribution is -0.125. The van der Waals surface area contributed by atoms with E-state index in [1.54, 1.807) is 0 Å². The molecule has 0 aliphatic carbocycles. The fourth-order valence-corrected chi connectivity index (χ4v) is 3.20. The standard InChI is InChI=1S/C19H26N4O/c24-19(17-9-4-10-20-14-17)22-15-18-21-11-13-23(18)12-5-8-16-6-2-1-3-7-16/h1-3,6-7,11,13,17,20H,4-5,8-10,12,14-15H2,(H,22,24). The van der Waals surface area contributed by atoms with Crippen molar-refractivity contribution in [3.63, 3.8) is 0 Å². The molecule has 128 valence electrons. The van der Waals surface area contributed by atoms with Gasteiger partial charge in [0.1, 0.15) is 5.82 Å². The molecule has 1 aliphatic heterocycles. The molecule has 0 radical (unpaired) electrons. The topological polar surface area (TPSA) is 59.0 Å². The Hall–Kier alpha value is -2.14. The predicted octanol–water partition coefficient (Wildman–Crippen LogP) is 2.13. The minimum atomic E-state index is 0.0974. The smallest absolute Gasteiger partial charge is 0.224 e. The van der Waals surface area contributed by atoms with Crippen LogP contribution in [-0.2, 0) is 24.3 Å². The third-order valence-corrected chi connectivity index (χ3v) is 4.60. The molecule has 2 aromatic rings. The van der Waals surface area contributed by atoms with E-state index in [1.165, 1.54) is 5.56 Å². The first-order valence-electron chi connectivity index (χ1n) is 8.85. The number of rotatable bonds is 7. The Bertz CT molecular complexity index is 632. The van der Waals surface area contributed by atoms with Crippen LogP contribution in [0.4, 0.5) is 0 Å². The first-order chi connectivity index (χ1) is 11.8. The van der Waals surface area contributed by atoms with Crippen molar-refractivity contribution in [1.82, 2.24) is 20.2 Å². The van der Waals surface area contributed by atoms with Gasteiger partial charge in [-0.1, -0.05) is 30.3 Å². The minimum Gasteiger partial charge on any atom is -0.349 e. The molecule has 2 N–H and O–H groups in total. The number of amides is 1. The third kappa shape index (κ3) is 4.68. The van der Waals surface area contributed by atoms with Crippen molar-refractivity contribution < 1.29 is 4.79 Å². The van der Waals surface area contributed by atoms with Crippen molar-refractivity contribution in [2.75, 3.05) is 13.1 Å². The molecular formula is C19H26N4O. The lowest BCUT2D eigenvalue weighted by Crippen LogP contribution is -2.40. The van der Waals surface area contributed by atoms with E-state index in [4.69, 9.17) is 0 Å². The summed E-state index contributed by atoms with van der Waals surface area (Å²) in [6, 6.07) is 10.5. The van der Waals surface area contributed by atoms with Gasteiger partial charge < -0.3 is 15.2 Å². The van der Waals surface area contributed by atoms with Crippen molar-refractivity contribution in [3.05, 3.63) is 54.1 Å². The van der Waals surface area contributed by atoms with Gasteiger partial charge >= 0.3 is 0 Å². The van der Waals surface area contributed by atoms with Crippen LogP contribution in [0.2, 0.25) is 0 Å². The van der Waals surface area contributed by atoms with Crippen molar-refractivity contribution >= 4 is 5.91 Å². The molecule has 2 heterocycles. The first kappa shape index (κ1) is 16.7. The van der Waals surface area contributed by atoms with Crippen LogP contribution >= 0.6 is 0 Å². The van der Waals surface area contributed by atoms with Crippen LogP contribution in [0.25, 0.3) is 0 Å². The summed E-state index contributed by atoms with van der Waals surface area (Å²) in [5.41, 5.74) is 1.36. The third-order valence-electron chi connectivity index (χ3n) is 4.60. The van der Waals surface area contributed by atoms with Gasteiger partial charge in [-0.3, -0.25) is 4.79 Å². The average Bonchev–Trinajstić information content (AvgIpc) is 3.09. The Morgan fingerprint density at radius 2 is 2.21 bits per heavy atom. The van der Waals surface area contributed by atoms with Gasteiger partial charge in [-0.15, -0.1) is 0 Å². The lowest BCUT2D eigenvalue weighted by Gasteiger charge is -2.21. The van der Waals surface area contributed by atoms with Crippen LogP contribution in [0.3, 0.4) is 0 Å². The van der Waals surface area contributed by atoms with E-state index in [0.29, 0.717) is 6.54 Å². The summed E-state index contributed by atoms with van der Waals surface area (Å²) in [5.74, 6) is 1.17. The minimum absolute atomic E-state index is 0.0974. The van der Waals surface area contributed by atoms with E-state index >= 15 is 0 Å². The average molecular weight is 326 g/mol. The molecule has 1 fully saturated rings. The monoisotopic (exact) mass is 326 g/mol. The molecule has 1 atom stereocenters. The highest BCUT2D eigenvalue weighted by atomic mass is 16.1. The number of nitrogens with one attached hydrogen (secondary N) is 2. The highest BCUT2D eigenvalue weighted by molar-refractivity contribution is 5.78. The number of aromatic nitrogens is 2. The number of piperidine rings is 1.